The molecule has 0 atom stereocenters. The van der Waals surface area contributed by atoms with E-state index in [0.717, 1.165) is 12.8 Å². The summed E-state index contributed by atoms with van der Waals surface area (Å²) >= 11 is 0. The Morgan fingerprint density at radius 1 is 0.333 bits per heavy atom. The molecule has 4 heteroatoms. The molecule has 66 heavy (non-hydrogen) atoms. The van der Waals surface area contributed by atoms with Gasteiger partial charge in [0, 0.05) is 0 Å². The molecule has 10 aromatic carbocycles. The first-order valence-electron chi connectivity index (χ1n) is 20.4. The zero-order valence-corrected chi connectivity index (χ0v) is 43.8. The van der Waals surface area contributed by atoms with Crippen molar-refractivity contribution in [1.82, 2.24) is 0 Å². The van der Waals surface area contributed by atoms with Crippen LogP contribution in [-0.2, 0) is 52.4 Å². The predicted molar refractivity (Wildman–Crippen MR) is 272 cm³/mol. The molecule has 10 aromatic rings. The van der Waals surface area contributed by atoms with Gasteiger partial charge in [-0.15, -0.1) is 67.4 Å². The van der Waals surface area contributed by atoms with Crippen LogP contribution in [0.5, 0.6) is 0 Å². The van der Waals surface area contributed by atoms with Crippen LogP contribution in [0.4, 0.5) is 0 Å². The van der Waals surface area contributed by atoms with Crippen molar-refractivity contribution in [2.75, 3.05) is 0 Å². The van der Waals surface area contributed by atoms with Gasteiger partial charge in [-0.1, -0.05) is 132 Å². The van der Waals surface area contributed by atoms with Gasteiger partial charge in [-0.3, -0.25) is 0 Å². The molecular formula is C62H52Cl2Zr2-2. The second-order valence-corrected chi connectivity index (χ2v) is 14.0. The second-order valence-electron chi connectivity index (χ2n) is 14.0. The summed E-state index contributed by atoms with van der Waals surface area (Å²) in [6.45, 7) is 0. The Hall–Kier alpha value is -5.19. The Morgan fingerprint density at radius 3 is 0.894 bits per heavy atom. The first kappa shape index (κ1) is 58.8. The van der Waals surface area contributed by atoms with Gasteiger partial charge in [0.2, 0.25) is 0 Å². The second kappa shape index (κ2) is 33.3. The summed E-state index contributed by atoms with van der Waals surface area (Å²) in [6.07, 6.45) is 15.3. The van der Waals surface area contributed by atoms with Gasteiger partial charge in [-0.05, 0) is 12.8 Å². The summed E-state index contributed by atoms with van der Waals surface area (Å²) in [5, 5.41) is 10.9. The third-order valence-corrected chi connectivity index (χ3v) is 9.98. The Labute approximate surface area is 445 Å². The number of hydrogen-bond donors (Lipinski definition) is 0. The van der Waals surface area contributed by atoms with E-state index in [4.69, 9.17) is 0 Å². The van der Waals surface area contributed by atoms with Crippen molar-refractivity contribution >= 4 is 54.2 Å². The van der Waals surface area contributed by atoms with Gasteiger partial charge in [0.05, 0.1) is 0 Å². The number of rotatable bonds is 2. The average molecular weight is 1050 g/mol. The van der Waals surface area contributed by atoms with Gasteiger partial charge in [0.25, 0.3) is 0 Å². The predicted octanol–water partition coefficient (Wildman–Crippen LogP) is 11.0. The maximum absolute atomic E-state index is 2.89. The van der Waals surface area contributed by atoms with Crippen LogP contribution in [0, 0.1) is 39.1 Å². The van der Waals surface area contributed by atoms with Crippen molar-refractivity contribution in [3.63, 3.8) is 0 Å². The molecule has 0 unspecified atom stereocenters. The van der Waals surface area contributed by atoms with Crippen LogP contribution >= 0.6 is 0 Å². The van der Waals surface area contributed by atoms with E-state index in [0.29, 0.717) is 0 Å². The minimum absolute atomic E-state index is 0. The van der Waals surface area contributed by atoms with E-state index in [1.165, 1.54) is 65.4 Å². The number of halogens is 2. The van der Waals surface area contributed by atoms with E-state index in [1.807, 2.05) is 121 Å². The molecule has 0 N–H and O–H groups in total. The minimum atomic E-state index is 0. The van der Waals surface area contributed by atoms with E-state index in [9.17, 15) is 0 Å². The summed E-state index contributed by atoms with van der Waals surface area (Å²) in [4.78, 5) is 0. The quantitative estimate of drug-likeness (QED) is 0.151. The molecule has 0 saturated heterocycles. The van der Waals surface area contributed by atoms with Gasteiger partial charge in [-0.25, -0.2) is 0 Å². The van der Waals surface area contributed by atoms with Gasteiger partial charge < -0.3 is 39.7 Å². The molecular weight excluding hydrogens is 998 g/mol. The van der Waals surface area contributed by atoms with Crippen LogP contribution in [0.3, 0.4) is 0 Å². The number of fused-ring (bicyclic) bond motifs is 6. The van der Waals surface area contributed by atoms with Crippen molar-refractivity contribution < 1.29 is 77.2 Å². The van der Waals surface area contributed by atoms with Crippen molar-refractivity contribution in [2.24, 2.45) is 0 Å². The molecule has 324 valence electrons. The van der Waals surface area contributed by atoms with E-state index >= 15 is 0 Å². The smallest absolute Gasteiger partial charge is 1.00 e. The zero-order valence-electron chi connectivity index (χ0n) is 37.4. The number of hydrogen-bond acceptors (Lipinski definition) is 0. The summed E-state index contributed by atoms with van der Waals surface area (Å²) in [5.74, 6) is 0. The molecule has 0 saturated carbocycles. The fourth-order valence-corrected chi connectivity index (χ4v) is 7.18. The summed E-state index contributed by atoms with van der Waals surface area (Å²) in [6, 6.07) is 85.2. The molecule has 12 rings (SSSR count). The average Bonchev–Trinajstić information content (AvgIpc) is 4.20. The molecule has 0 heterocycles. The molecule has 2 aliphatic carbocycles. The third kappa shape index (κ3) is 17.2. The molecule has 0 bridgehead atoms. The van der Waals surface area contributed by atoms with E-state index in [1.54, 1.807) is 0 Å². The number of allylic oxidation sites excluding steroid dienone is 8. The largest absolute Gasteiger partial charge is 4.00 e. The Bertz CT molecular complexity index is 2540. The molecule has 0 radical (unpaired) electrons. The monoisotopic (exact) mass is 1050 g/mol. The fourth-order valence-electron chi connectivity index (χ4n) is 7.18. The van der Waals surface area contributed by atoms with Crippen molar-refractivity contribution in [3.8, 4) is 0 Å². The molecule has 2 aliphatic rings. The van der Waals surface area contributed by atoms with E-state index in [2.05, 4.69) is 158 Å². The first-order valence-corrected chi connectivity index (χ1v) is 20.4. The maximum atomic E-state index is 2.89. The zero-order chi connectivity index (χ0) is 40.9. The van der Waals surface area contributed by atoms with Crippen LogP contribution in [0.15, 0.2) is 255 Å². The van der Waals surface area contributed by atoms with Gasteiger partial charge in [0.15, 0.2) is 0 Å². The van der Waals surface area contributed by atoms with Crippen molar-refractivity contribution in [3.05, 3.63) is 305 Å². The van der Waals surface area contributed by atoms with Crippen molar-refractivity contribution in [2.45, 2.75) is 12.8 Å². The number of benzene rings is 8. The summed E-state index contributed by atoms with van der Waals surface area (Å²) < 4.78 is 0. The van der Waals surface area contributed by atoms with Gasteiger partial charge >= 0.3 is 52.4 Å². The molecule has 0 aliphatic heterocycles. The molecule has 0 nitrogen and oxygen atoms in total. The standard InChI is InChI=1S/2C18H13.4C6H5.2CH3.2ClH.2Zr/c2*1-2-7-13(6-1)15-10-5-11-17-16-9-4-3-8-14(16)12-18(15)17;4*1-2-4-6-5-3-1;;;;;;/h2*1-6,8-12H,7H2;4*1-5H;2*1H3;2*1H;;/q8*-1;;;2*+4/p-2. The topological polar surface area (TPSA) is 0 Å². The van der Waals surface area contributed by atoms with Gasteiger partial charge in [0.1, 0.15) is 0 Å². The first-order chi connectivity index (χ1) is 29.9. The van der Waals surface area contributed by atoms with E-state index < -0.39 is 0 Å². The van der Waals surface area contributed by atoms with Crippen LogP contribution in [-0.4, -0.2) is 0 Å². The Balaban J connectivity index is 0.000000421. The van der Waals surface area contributed by atoms with Crippen LogP contribution in [0.2, 0.25) is 0 Å². The Morgan fingerprint density at radius 2 is 0.636 bits per heavy atom. The molecule has 0 fully saturated rings. The molecule has 0 spiro atoms. The normalized spacial score (nSPS) is 10.8. The van der Waals surface area contributed by atoms with Crippen LogP contribution in [0.1, 0.15) is 24.0 Å². The van der Waals surface area contributed by atoms with Crippen LogP contribution < -0.4 is 24.8 Å². The summed E-state index contributed by atoms with van der Waals surface area (Å²) in [7, 11) is 0. The Kier molecular flexibility index (Phi) is 29.7. The van der Waals surface area contributed by atoms with Gasteiger partial charge in [-0.2, -0.15) is 146 Å². The third-order valence-electron chi connectivity index (χ3n) is 9.98. The molecule has 0 aromatic heterocycles. The maximum Gasteiger partial charge on any atom is 4.00 e. The SMILES string of the molecule is C1=CCC(c2cccc3c2[cH-]c2ccccc23)=C1.C1=CCC(c2cccc3c2[cH-]c2ccccc23)=C1.[CH3-].[CH3-].[Cl-].[Cl-].[Zr+4].[Zr+4].[c-]1ccccc1.[c-]1ccccc1.[c-]1ccccc1.[c-]1ccccc1. The van der Waals surface area contributed by atoms with Crippen LogP contribution in [0.25, 0.3) is 54.2 Å². The summed E-state index contributed by atoms with van der Waals surface area (Å²) in [5.41, 5.74) is 5.62. The van der Waals surface area contributed by atoms with Crippen molar-refractivity contribution in [1.29, 1.82) is 0 Å². The molecule has 0 amide bonds. The fraction of sp³-hybridized carbons (Fsp3) is 0.0323. The minimum Gasteiger partial charge on any atom is -1.00 e. The van der Waals surface area contributed by atoms with E-state index in [-0.39, 0.29) is 92.1 Å².